The highest BCUT2D eigenvalue weighted by molar-refractivity contribution is 7.89. The van der Waals surface area contributed by atoms with Crippen molar-refractivity contribution in [2.75, 3.05) is 6.54 Å². The van der Waals surface area contributed by atoms with E-state index in [-0.39, 0.29) is 21.9 Å². The van der Waals surface area contributed by atoms with E-state index in [9.17, 15) is 13.2 Å². The lowest BCUT2D eigenvalue weighted by Gasteiger charge is -2.54. The van der Waals surface area contributed by atoms with E-state index in [1.54, 1.807) is 18.2 Å². The Balaban J connectivity index is 1.34. The van der Waals surface area contributed by atoms with E-state index in [1.165, 1.54) is 42.5 Å². The average molecular weight is 423 g/mol. The highest BCUT2D eigenvalue weighted by atomic mass is 35.5. The van der Waals surface area contributed by atoms with Crippen molar-refractivity contribution in [3.8, 4) is 0 Å². The number of halogens is 1. The lowest BCUT2D eigenvalue weighted by molar-refractivity contribution is -0.128. The number of benzene rings is 1. The molecule has 1 heterocycles. The molecule has 7 heteroatoms. The van der Waals surface area contributed by atoms with Crippen LogP contribution in [0.25, 0.3) is 0 Å². The molecule has 1 N–H and O–H groups in total. The van der Waals surface area contributed by atoms with Gasteiger partial charge < -0.3 is 5.32 Å². The van der Waals surface area contributed by atoms with Gasteiger partial charge in [-0.3, -0.25) is 4.79 Å². The van der Waals surface area contributed by atoms with Gasteiger partial charge >= 0.3 is 0 Å². The van der Waals surface area contributed by atoms with E-state index in [1.807, 2.05) is 0 Å². The molecule has 28 heavy (non-hydrogen) atoms. The number of sulfonamides is 1. The minimum atomic E-state index is -3.78. The standard InChI is InChI=1S/C21H27ClN2O3S/c22-17-4-1-2-6-19(17)28(26,27)24-7-3-5-18(24)21(25)23-20-15-9-13-8-14(11-15)12-16(20)10-13/h1-2,4,6,13-16,18,20H,3,5,7-12H2,(H,23,25)/t13?,14?,15?,16?,18-,20?/m1/s1. The lowest BCUT2D eigenvalue weighted by atomic mass is 9.54. The van der Waals surface area contributed by atoms with Crippen molar-refractivity contribution in [3.05, 3.63) is 29.3 Å². The second kappa shape index (κ2) is 6.99. The van der Waals surface area contributed by atoms with Gasteiger partial charge in [-0.25, -0.2) is 8.42 Å². The number of carbonyl (C=O) groups is 1. The first-order valence-corrected chi connectivity index (χ1v) is 12.3. The predicted molar refractivity (Wildman–Crippen MR) is 107 cm³/mol. The van der Waals surface area contributed by atoms with Gasteiger partial charge in [-0.05, 0) is 80.8 Å². The van der Waals surface area contributed by atoms with E-state index in [4.69, 9.17) is 11.6 Å². The zero-order chi connectivity index (χ0) is 19.5. The van der Waals surface area contributed by atoms with Gasteiger partial charge in [0.15, 0.2) is 0 Å². The summed E-state index contributed by atoms with van der Waals surface area (Å²) in [6.45, 7) is 0.368. The maximum atomic E-state index is 13.2. The summed E-state index contributed by atoms with van der Waals surface area (Å²) in [5, 5.41) is 3.50. The van der Waals surface area contributed by atoms with Crippen LogP contribution in [0.2, 0.25) is 5.02 Å². The first kappa shape index (κ1) is 18.9. The highest BCUT2D eigenvalue weighted by Gasteiger charge is 2.50. The lowest BCUT2D eigenvalue weighted by Crippen LogP contribution is -2.58. The van der Waals surface area contributed by atoms with Crippen LogP contribution in [-0.2, 0) is 14.8 Å². The quantitative estimate of drug-likeness (QED) is 0.808. The highest BCUT2D eigenvalue weighted by Crippen LogP contribution is 2.53. The SMILES string of the molecule is O=C(NC1C2CC3CC(C2)CC1C3)[C@H]1CCCN1S(=O)(=O)c1ccccc1Cl. The third-order valence-corrected chi connectivity index (χ3v) is 9.87. The van der Waals surface area contributed by atoms with Crippen LogP contribution in [0.1, 0.15) is 44.9 Å². The van der Waals surface area contributed by atoms with E-state index >= 15 is 0 Å². The molecule has 1 aromatic rings. The second-order valence-electron chi connectivity index (χ2n) is 9.17. The van der Waals surface area contributed by atoms with Crippen LogP contribution in [0.5, 0.6) is 0 Å². The molecule has 6 rings (SSSR count). The molecule has 4 aliphatic carbocycles. The molecule has 1 amide bonds. The van der Waals surface area contributed by atoms with Crippen molar-refractivity contribution < 1.29 is 13.2 Å². The summed E-state index contributed by atoms with van der Waals surface area (Å²) in [6.07, 6.45) is 7.55. The van der Waals surface area contributed by atoms with Gasteiger partial charge in [-0.2, -0.15) is 4.31 Å². The fraction of sp³-hybridized carbons (Fsp3) is 0.667. The fourth-order valence-corrected chi connectivity index (χ4v) is 8.64. The summed E-state index contributed by atoms with van der Waals surface area (Å²) in [5.74, 6) is 2.73. The molecule has 1 aliphatic heterocycles. The molecule has 4 bridgehead atoms. The fourth-order valence-electron chi connectivity index (χ4n) is 6.49. The first-order valence-electron chi connectivity index (χ1n) is 10.5. The molecular weight excluding hydrogens is 396 g/mol. The molecule has 0 unspecified atom stereocenters. The number of nitrogens with one attached hydrogen (secondary N) is 1. The smallest absolute Gasteiger partial charge is 0.245 e. The maximum absolute atomic E-state index is 13.2. The number of nitrogens with zero attached hydrogens (tertiary/aromatic N) is 1. The molecule has 0 radical (unpaired) electrons. The Hall–Kier alpha value is -1.11. The topological polar surface area (TPSA) is 66.5 Å². The van der Waals surface area contributed by atoms with Crippen LogP contribution in [0.15, 0.2) is 29.2 Å². The molecule has 5 fully saturated rings. The molecular formula is C21H27ClN2O3S. The molecule has 0 aromatic heterocycles. The molecule has 4 saturated carbocycles. The zero-order valence-corrected chi connectivity index (χ0v) is 17.5. The minimum absolute atomic E-state index is 0.0889. The third kappa shape index (κ3) is 3.08. The number of rotatable bonds is 4. The summed E-state index contributed by atoms with van der Waals surface area (Å²) in [4.78, 5) is 13.2. The Kier molecular flexibility index (Phi) is 4.72. The molecule has 1 aromatic carbocycles. The van der Waals surface area contributed by atoms with Crippen LogP contribution in [-0.4, -0.2) is 37.3 Å². The monoisotopic (exact) mass is 422 g/mol. The van der Waals surface area contributed by atoms with Crippen LogP contribution in [0.4, 0.5) is 0 Å². The van der Waals surface area contributed by atoms with Crippen LogP contribution >= 0.6 is 11.6 Å². The molecule has 5 nitrogen and oxygen atoms in total. The number of hydrogen-bond acceptors (Lipinski definition) is 3. The number of hydrogen-bond donors (Lipinski definition) is 1. The molecule has 1 atom stereocenters. The average Bonchev–Trinajstić information content (AvgIpc) is 3.15. The van der Waals surface area contributed by atoms with Crippen LogP contribution < -0.4 is 5.32 Å². The third-order valence-electron chi connectivity index (χ3n) is 7.47. The molecule has 0 spiro atoms. The zero-order valence-electron chi connectivity index (χ0n) is 15.9. The van der Waals surface area contributed by atoms with Gasteiger partial charge in [0, 0.05) is 12.6 Å². The van der Waals surface area contributed by atoms with Gasteiger partial charge in [0.05, 0.1) is 5.02 Å². The van der Waals surface area contributed by atoms with Crippen molar-refractivity contribution in [1.29, 1.82) is 0 Å². The maximum Gasteiger partial charge on any atom is 0.245 e. The Labute approximate surface area is 171 Å². The number of carbonyl (C=O) groups excluding carboxylic acids is 1. The molecule has 152 valence electrons. The normalized spacial score (nSPS) is 37.3. The van der Waals surface area contributed by atoms with E-state index in [2.05, 4.69) is 5.32 Å². The summed E-state index contributed by atoms with van der Waals surface area (Å²) in [7, 11) is -3.78. The summed E-state index contributed by atoms with van der Waals surface area (Å²) >= 11 is 6.15. The second-order valence-corrected chi connectivity index (χ2v) is 11.4. The van der Waals surface area contributed by atoms with E-state index in [0.29, 0.717) is 31.2 Å². The Morgan fingerprint density at radius 3 is 2.32 bits per heavy atom. The van der Waals surface area contributed by atoms with Gasteiger partial charge in [0.1, 0.15) is 10.9 Å². The van der Waals surface area contributed by atoms with Gasteiger partial charge in [-0.1, -0.05) is 23.7 Å². The van der Waals surface area contributed by atoms with Gasteiger partial charge in [-0.15, -0.1) is 0 Å². The molecule has 1 saturated heterocycles. The van der Waals surface area contributed by atoms with Gasteiger partial charge in [0.25, 0.3) is 0 Å². The van der Waals surface area contributed by atoms with E-state index < -0.39 is 16.1 Å². The van der Waals surface area contributed by atoms with Gasteiger partial charge in [0.2, 0.25) is 15.9 Å². The van der Waals surface area contributed by atoms with Crippen molar-refractivity contribution >= 4 is 27.5 Å². The Bertz CT molecular complexity index is 859. The largest absolute Gasteiger partial charge is 0.351 e. The van der Waals surface area contributed by atoms with Crippen molar-refractivity contribution in [3.63, 3.8) is 0 Å². The summed E-state index contributed by atoms with van der Waals surface area (Å²) < 4.78 is 27.7. The Morgan fingerprint density at radius 1 is 1.04 bits per heavy atom. The van der Waals surface area contributed by atoms with Crippen LogP contribution in [0.3, 0.4) is 0 Å². The minimum Gasteiger partial charge on any atom is -0.351 e. The molecule has 5 aliphatic rings. The van der Waals surface area contributed by atoms with Crippen molar-refractivity contribution in [2.45, 2.75) is 61.9 Å². The first-order chi connectivity index (χ1) is 13.4. The van der Waals surface area contributed by atoms with Crippen molar-refractivity contribution in [1.82, 2.24) is 9.62 Å². The van der Waals surface area contributed by atoms with E-state index in [0.717, 1.165) is 11.8 Å². The summed E-state index contributed by atoms with van der Waals surface area (Å²) in [5.41, 5.74) is 0. The predicted octanol–water partition coefficient (Wildman–Crippen LogP) is 3.43. The number of amides is 1. The van der Waals surface area contributed by atoms with Crippen molar-refractivity contribution in [2.24, 2.45) is 23.7 Å². The summed E-state index contributed by atoms with van der Waals surface area (Å²) in [6, 6.07) is 6.07. The van der Waals surface area contributed by atoms with Crippen LogP contribution in [0, 0.1) is 23.7 Å². The Morgan fingerprint density at radius 2 is 1.68 bits per heavy atom.